The van der Waals surface area contributed by atoms with Crippen LogP contribution in [0.15, 0.2) is 42.2 Å². The van der Waals surface area contributed by atoms with Crippen molar-refractivity contribution in [3.8, 4) is 0 Å². The van der Waals surface area contributed by atoms with E-state index in [2.05, 4.69) is 20.5 Å². The van der Waals surface area contributed by atoms with Crippen molar-refractivity contribution in [3.05, 3.63) is 53.7 Å². The molecule has 1 amide bonds. The van der Waals surface area contributed by atoms with Crippen LogP contribution < -0.4 is 5.32 Å². The van der Waals surface area contributed by atoms with Crippen LogP contribution in [-0.4, -0.2) is 29.9 Å². The van der Waals surface area contributed by atoms with Crippen molar-refractivity contribution >= 4 is 27.9 Å². The summed E-state index contributed by atoms with van der Waals surface area (Å²) in [6, 6.07) is 5.67. The van der Waals surface area contributed by atoms with Gasteiger partial charge < -0.3 is 5.32 Å². The fourth-order valence-electron chi connectivity index (χ4n) is 2.28. The highest BCUT2D eigenvalue weighted by molar-refractivity contribution is 7.15. The van der Waals surface area contributed by atoms with Gasteiger partial charge in [0.05, 0.1) is 18.7 Å². The number of fused-ring (bicyclic) bond motifs is 2. The van der Waals surface area contributed by atoms with Crippen LogP contribution in [0.3, 0.4) is 0 Å². The van der Waals surface area contributed by atoms with Crippen LogP contribution >= 0.6 is 11.3 Å². The molecule has 1 N–H and O–H groups in total. The lowest BCUT2D eigenvalue weighted by molar-refractivity contribution is -0.120. The highest BCUT2D eigenvalue weighted by atomic mass is 32.1. The highest BCUT2D eigenvalue weighted by Crippen LogP contribution is 2.11. The minimum Gasteiger partial charge on any atom is -0.348 e. The number of aromatic nitrogens is 5. The molecule has 4 aromatic heterocycles. The van der Waals surface area contributed by atoms with Gasteiger partial charge >= 0.3 is 0 Å². The summed E-state index contributed by atoms with van der Waals surface area (Å²) >= 11 is 1.55. The number of imidazole rings is 1. The van der Waals surface area contributed by atoms with E-state index in [9.17, 15) is 4.79 Å². The molecule has 4 heterocycles. The van der Waals surface area contributed by atoms with Crippen molar-refractivity contribution in [2.24, 2.45) is 0 Å². The third-order valence-electron chi connectivity index (χ3n) is 3.31. The molecule has 7 nitrogen and oxygen atoms in total. The van der Waals surface area contributed by atoms with Crippen molar-refractivity contribution in [2.45, 2.75) is 13.0 Å². The molecule has 0 aliphatic rings. The average molecular weight is 312 g/mol. The van der Waals surface area contributed by atoms with Crippen LogP contribution in [0, 0.1) is 0 Å². The second-order valence-electron chi connectivity index (χ2n) is 4.82. The number of hydrogen-bond acceptors (Lipinski definition) is 5. The van der Waals surface area contributed by atoms with Gasteiger partial charge in [-0.1, -0.05) is 6.07 Å². The molecule has 0 spiro atoms. The van der Waals surface area contributed by atoms with E-state index in [-0.39, 0.29) is 12.3 Å². The first-order valence-corrected chi connectivity index (χ1v) is 7.64. The minimum atomic E-state index is -0.0848. The number of amides is 1. The molecule has 4 rings (SSSR count). The molecule has 4 aromatic rings. The summed E-state index contributed by atoms with van der Waals surface area (Å²) in [6.07, 6.45) is 5.93. The monoisotopic (exact) mass is 312 g/mol. The smallest absolute Gasteiger partial charge is 0.226 e. The number of nitrogens with one attached hydrogen (secondary N) is 1. The molecule has 0 bridgehead atoms. The molecule has 0 unspecified atom stereocenters. The zero-order valence-corrected chi connectivity index (χ0v) is 12.3. The summed E-state index contributed by atoms with van der Waals surface area (Å²) in [5, 5.41) is 12.9. The summed E-state index contributed by atoms with van der Waals surface area (Å²) in [5.41, 5.74) is 1.52. The van der Waals surface area contributed by atoms with E-state index >= 15 is 0 Å². The van der Waals surface area contributed by atoms with E-state index < -0.39 is 0 Å². The van der Waals surface area contributed by atoms with Gasteiger partial charge in [0, 0.05) is 24.0 Å². The Morgan fingerprint density at radius 1 is 1.27 bits per heavy atom. The normalized spacial score (nSPS) is 11.3. The maximum Gasteiger partial charge on any atom is 0.226 e. The van der Waals surface area contributed by atoms with Gasteiger partial charge in [0.1, 0.15) is 0 Å². The maximum atomic E-state index is 12.0. The Balaban J connectivity index is 1.42. The van der Waals surface area contributed by atoms with Crippen molar-refractivity contribution in [1.82, 2.24) is 29.3 Å². The van der Waals surface area contributed by atoms with E-state index in [4.69, 9.17) is 0 Å². The molecule has 0 aliphatic carbocycles. The van der Waals surface area contributed by atoms with Gasteiger partial charge in [0.15, 0.2) is 16.4 Å². The molecule has 0 saturated carbocycles. The Morgan fingerprint density at radius 2 is 2.23 bits per heavy atom. The molecule has 0 fully saturated rings. The summed E-state index contributed by atoms with van der Waals surface area (Å²) in [6.45, 7) is 0.340. The second-order valence-corrected chi connectivity index (χ2v) is 5.70. The largest absolute Gasteiger partial charge is 0.348 e. The maximum absolute atomic E-state index is 12.0. The molecule has 22 heavy (non-hydrogen) atoms. The average Bonchev–Trinajstić information content (AvgIpc) is 3.19. The Bertz CT molecular complexity index is 924. The lowest BCUT2D eigenvalue weighted by Crippen LogP contribution is -2.25. The summed E-state index contributed by atoms with van der Waals surface area (Å²) in [7, 11) is 0. The molecular weight excluding hydrogens is 300 g/mol. The van der Waals surface area contributed by atoms with Gasteiger partial charge in [-0.25, -0.2) is 4.98 Å². The first kappa shape index (κ1) is 13.0. The SMILES string of the molecule is O=C(Cc1cn2ccsc2n1)NCc1nnc2ccccn12. The number of carbonyl (C=O) groups excluding carboxylic acids is 1. The first-order chi connectivity index (χ1) is 10.8. The van der Waals surface area contributed by atoms with Gasteiger partial charge in [-0.3, -0.25) is 13.6 Å². The van der Waals surface area contributed by atoms with Gasteiger partial charge in [-0.15, -0.1) is 21.5 Å². The lowest BCUT2D eigenvalue weighted by atomic mass is 10.3. The van der Waals surface area contributed by atoms with Crippen molar-refractivity contribution in [3.63, 3.8) is 0 Å². The number of carbonyl (C=O) groups is 1. The molecule has 0 saturated heterocycles. The quantitative estimate of drug-likeness (QED) is 0.616. The Morgan fingerprint density at radius 3 is 3.14 bits per heavy atom. The number of hydrogen-bond donors (Lipinski definition) is 1. The molecule has 110 valence electrons. The molecule has 0 aromatic carbocycles. The zero-order chi connectivity index (χ0) is 14.9. The topological polar surface area (TPSA) is 76.6 Å². The summed E-state index contributed by atoms with van der Waals surface area (Å²) in [5.74, 6) is 0.619. The molecule has 0 atom stereocenters. The Labute approximate surface area is 129 Å². The number of thiazole rings is 1. The van der Waals surface area contributed by atoms with Crippen molar-refractivity contribution in [1.29, 1.82) is 0 Å². The number of rotatable bonds is 4. The Hall–Kier alpha value is -2.74. The lowest BCUT2D eigenvalue weighted by Gasteiger charge is -2.02. The zero-order valence-electron chi connectivity index (χ0n) is 11.5. The van der Waals surface area contributed by atoms with Crippen molar-refractivity contribution in [2.75, 3.05) is 0 Å². The predicted molar refractivity (Wildman–Crippen MR) is 81.6 cm³/mol. The van der Waals surface area contributed by atoms with E-state index in [1.54, 1.807) is 11.3 Å². The first-order valence-electron chi connectivity index (χ1n) is 6.76. The molecule has 0 aliphatic heterocycles. The number of nitrogens with zero attached hydrogens (tertiary/aromatic N) is 5. The summed E-state index contributed by atoms with van der Waals surface area (Å²) in [4.78, 5) is 17.3. The Kier molecular flexibility index (Phi) is 3.08. The van der Waals surface area contributed by atoms with Gasteiger partial charge in [-0.05, 0) is 12.1 Å². The van der Waals surface area contributed by atoms with Crippen LogP contribution in [-0.2, 0) is 17.8 Å². The molecule has 8 heteroatoms. The van der Waals surface area contributed by atoms with Gasteiger partial charge in [-0.2, -0.15) is 0 Å². The predicted octanol–water partition coefficient (Wildman–Crippen LogP) is 1.30. The van der Waals surface area contributed by atoms with Crippen LogP contribution in [0.25, 0.3) is 10.6 Å². The van der Waals surface area contributed by atoms with E-state index in [0.29, 0.717) is 12.4 Å². The van der Waals surface area contributed by atoms with Crippen LogP contribution in [0.2, 0.25) is 0 Å². The standard InChI is InChI=1S/C14H12N6OS/c21-13(7-10-9-19-5-6-22-14(19)16-10)15-8-12-18-17-11-3-1-2-4-20(11)12/h1-6,9H,7-8H2,(H,15,21). The third kappa shape index (κ3) is 2.33. The minimum absolute atomic E-state index is 0.0848. The number of pyridine rings is 1. The summed E-state index contributed by atoms with van der Waals surface area (Å²) < 4.78 is 3.77. The molecular formula is C14H12N6OS. The van der Waals surface area contributed by atoms with Gasteiger partial charge in [0.25, 0.3) is 0 Å². The van der Waals surface area contributed by atoms with E-state index in [1.807, 2.05) is 51.0 Å². The van der Waals surface area contributed by atoms with E-state index in [1.165, 1.54) is 0 Å². The van der Waals surface area contributed by atoms with E-state index in [0.717, 1.165) is 16.3 Å². The van der Waals surface area contributed by atoms with Gasteiger partial charge in [0.2, 0.25) is 5.91 Å². The van der Waals surface area contributed by atoms with Crippen LogP contribution in [0.1, 0.15) is 11.5 Å². The molecule has 0 radical (unpaired) electrons. The fourth-order valence-corrected chi connectivity index (χ4v) is 3.00. The van der Waals surface area contributed by atoms with Crippen LogP contribution in [0.5, 0.6) is 0 Å². The van der Waals surface area contributed by atoms with Crippen molar-refractivity contribution < 1.29 is 4.79 Å². The van der Waals surface area contributed by atoms with Crippen LogP contribution in [0.4, 0.5) is 0 Å². The third-order valence-corrected chi connectivity index (χ3v) is 4.08. The second kappa shape index (κ2) is 5.23. The highest BCUT2D eigenvalue weighted by Gasteiger charge is 2.10. The fraction of sp³-hybridized carbons (Fsp3) is 0.143.